The second-order valence-electron chi connectivity index (χ2n) is 8.46. The molecule has 0 unspecified atom stereocenters. The standard InChI is InChI=1S/C25H23Cl2N3O4/c1-15-28-29-25(33-15)24-12-19-22(3-2-4-23(19)34-24)32-14-18(31)13-30-9-7-16(8-10-30)17-5-6-20(26)21(27)11-17/h2-6,11-12,16H,7-10,13-14H2,1H3. The first kappa shape index (κ1) is 22.9. The molecule has 4 aromatic rings. The summed E-state index contributed by atoms with van der Waals surface area (Å²) in [7, 11) is 0. The van der Waals surface area contributed by atoms with Crippen LogP contribution in [0.5, 0.6) is 5.75 Å². The van der Waals surface area contributed by atoms with Crippen molar-refractivity contribution in [3.63, 3.8) is 0 Å². The fraction of sp³-hybridized carbons (Fsp3) is 0.320. The molecule has 0 N–H and O–H groups in total. The molecule has 0 aliphatic carbocycles. The summed E-state index contributed by atoms with van der Waals surface area (Å²) in [5, 5.41) is 9.73. The van der Waals surface area contributed by atoms with E-state index < -0.39 is 0 Å². The minimum atomic E-state index is -0.00792. The minimum Gasteiger partial charge on any atom is -0.485 e. The molecule has 34 heavy (non-hydrogen) atoms. The second kappa shape index (κ2) is 9.78. The number of piperidine rings is 1. The van der Waals surface area contributed by atoms with Gasteiger partial charge < -0.3 is 13.6 Å². The van der Waals surface area contributed by atoms with Gasteiger partial charge in [0.15, 0.2) is 11.5 Å². The van der Waals surface area contributed by atoms with Gasteiger partial charge in [-0.05, 0) is 61.7 Å². The van der Waals surface area contributed by atoms with Crippen molar-refractivity contribution in [1.82, 2.24) is 15.1 Å². The Morgan fingerprint density at radius 3 is 2.65 bits per heavy atom. The number of ether oxygens (including phenoxy) is 1. The molecule has 1 fully saturated rings. The Hall–Kier alpha value is -2.87. The highest BCUT2D eigenvalue weighted by molar-refractivity contribution is 6.42. The maximum atomic E-state index is 12.6. The van der Waals surface area contributed by atoms with E-state index in [1.165, 1.54) is 5.56 Å². The lowest BCUT2D eigenvalue weighted by molar-refractivity contribution is -0.122. The molecule has 2 aromatic carbocycles. The third kappa shape index (κ3) is 4.97. The number of aromatic nitrogens is 2. The lowest BCUT2D eigenvalue weighted by Gasteiger charge is -2.31. The van der Waals surface area contributed by atoms with E-state index in [1.54, 1.807) is 13.0 Å². The zero-order valence-corrected chi connectivity index (χ0v) is 20.1. The molecule has 0 bridgehead atoms. The van der Waals surface area contributed by atoms with E-state index in [2.05, 4.69) is 15.1 Å². The normalized spacial score (nSPS) is 15.1. The number of furan rings is 1. The molecule has 0 atom stereocenters. The maximum absolute atomic E-state index is 12.6. The summed E-state index contributed by atoms with van der Waals surface area (Å²) in [5.41, 5.74) is 1.83. The van der Waals surface area contributed by atoms with Gasteiger partial charge in [-0.2, -0.15) is 0 Å². The van der Waals surface area contributed by atoms with E-state index in [1.807, 2.05) is 36.4 Å². The number of aryl methyl sites for hydroxylation is 1. The first-order valence-electron chi connectivity index (χ1n) is 11.1. The number of carbonyl (C=O) groups is 1. The van der Waals surface area contributed by atoms with Crippen LogP contribution in [0.2, 0.25) is 10.0 Å². The van der Waals surface area contributed by atoms with Crippen LogP contribution in [0.25, 0.3) is 22.6 Å². The first-order valence-corrected chi connectivity index (χ1v) is 11.9. The van der Waals surface area contributed by atoms with Gasteiger partial charge >= 0.3 is 0 Å². The number of benzene rings is 2. The Morgan fingerprint density at radius 1 is 1.09 bits per heavy atom. The fourth-order valence-corrected chi connectivity index (χ4v) is 4.61. The van der Waals surface area contributed by atoms with Gasteiger partial charge in [-0.15, -0.1) is 10.2 Å². The predicted molar refractivity (Wildman–Crippen MR) is 130 cm³/mol. The Bertz CT molecular complexity index is 1320. The number of halogens is 2. The molecular weight excluding hydrogens is 477 g/mol. The number of hydrogen-bond acceptors (Lipinski definition) is 7. The van der Waals surface area contributed by atoms with Gasteiger partial charge in [0.2, 0.25) is 5.89 Å². The van der Waals surface area contributed by atoms with E-state index in [9.17, 15) is 4.79 Å². The van der Waals surface area contributed by atoms with Gasteiger partial charge in [0.25, 0.3) is 5.89 Å². The third-order valence-electron chi connectivity index (χ3n) is 6.05. The van der Waals surface area contributed by atoms with Crippen molar-refractivity contribution in [3.8, 4) is 17.4 Å². The Labute approximate surface area is 206 Å². The van der Waals surface area contributed by atoms with Crippen LogP contribution in [-0.4, -0.2) is 47.1 Å². The Kier molecular flexibility index (Phi) is 6.59. The Morgan fingerprint density at radius 2 is 1.91 bits per heavy atom. The average molecular weight is 500 g/mol. The van der Waals surface area contributed by atoms with Gasteiger partial charge in [-0.3, -0.25) is 9.69 Å². The molecule has 5 rings (SSSR count). The molecule has 7 nitrogen and oxygen atoms in total. The van der Waals surface area contributed by atoms with Crippen molar-refractivity contribution in [2.45, 2.75) is 25.7 Å². The molecule has 176 valence electrons. The van der Waals surface area contributed by atoms with Gasteiger partial charge in [0, 0.05) is 13.0 Å². The molecule has 0 radical (unpaired) electrons. The van der Waals surface area contributed by atoms with Crippen LogP contribution in [-0.2, 0) is 4.79 Å². The number of likely N-dealkylation sites (tertiary alicyclic amines) is 1. The van der Waals surface area contributed by atoms with Gasteiger partial charge in [-0.1, -0.05) is 35.3 Å². The molecular formula is C25H23Cl2N3O4. The number of carbonyl (C=O) groups excluding carboxylic acids is 1. The van der Waals surface area contributed by atoms with Gasteiger partial charge in [0.1, 0.15) is 17.9 Å². The third-order valence-corrected chi connectivity index (χ3v) is 6.79. The van der Waals surface area contributed by atoms with Crippen molar-refractivity contribution in [2.75, 3.05) is 26.2 Å². The van der Waals surface area contributed by atoms with E-state index in [4.69, 9.17) is 36.8 Å². The van der Waals surface area contributed by atoms with Gasteiger partial charge in [-0.25, -0.2) is 0 Å². The predicted octanol–water partition coefficient (Wildman–Crippen LogP) is 5.93. The van der Waals surface area contributed by atoms with Crippen LogP contribution in [0.15, 0.2) is 51.3 Å². The van der Waals surface area contributed by atoms with Crippen LogP contribution < -0.4 is 4.74 Å². The van der Waals surface area contributed by atoms with Crippen molar-refractivity contribution < 1.29 is 18.4 Å². The lowest BCUT2D eigenvalue weighted by atomic mass is 9.89. The van der Waals surface area contributed by atoms with Crippen molar-refractivity contribution in [2.24, 2.45) is 0 Å². The molecule has 1 saturated heterocycles. The van der Waals surface area contributed by atoms with Crippen molar-refractivity contribution in [3.05, 3.63) is 64.0 Å². The molecule has 3 heterocycles. The zero-order chi connectivity index (χ0) is 23.7. The number of rotatable bonds is 7. The highest BCUT2D eigenvalue weighted by Gasteiger charge is 2.23. The average Bonchev–Trinajstić information content (AvgIpc) is 3.46. The first-order chi connectivity index (χ1) is 16.5. The summed E-state index contributed by atoms with van der Waals surface area (Å²) in [6.07, 6.45) is 1.94. The molecule has 0 saturated carbocycles. The van der Waals surface area contributed by atoms with Crippen LogP contribution in [0.1, 0.15) is 30.2 Å². The van der Waals surface area contributed by atoms with Crippen LogP contribution in [0, 0.1) is 6.92 Å². The summed E-state index contributed by atoms with van der Waals surface area (Å²) in [4.78, 5) is 14.8. The van der Waals surface area contributed by atoms with E-state index >= 15 is 0 Å². The number of fused-ring (bicyclic) bond motifs is 1. The lowest BCUT2D eigenvalue weighted by Crippen LogP contribution is -2.38. The molecule has 0 spiro atoms. The monoisotopic (exact) mass is 499 g/mol. The Balaban J connectivity index is 1.16. The topological polar surface area (TPSA) is 81.6 Å². The summed E-state index contributed by atoms with van der Waals surface area (Å²) < 4.78 is 17.1. The van der Waals surface area contributed by atoms with Crippen LogP contribution >= 0.6 is 23.2 Å². The summed E-state index contributed by atoms with van der Waals surface area (Å²) in [6.45, 7) is 3.77. The van der Waals surface area contributed by atoms with E-state index in [-0.39, 0.29) is 12.4 Å². The number of hydrogen-bond donors (Lipinski definition) is 0. The maximum Gasteiger partial charge on any atom is 0.283 e. The molecule has 9 heteroatoms. The highest BCUT2D eigenvalue weighted by Crippen LogP contribution is 2.34. The highest BCUT2D eigenvalue weighted by atomic mass is 35.5. The summed E-state index contributed by atoms with van der Waals surface area (Å²) in [6, 6.07) is 13.1. The molecule has 1 aliphatic heterocycles. The quantitative estimate of drug-likeness (QED) is 0.311. The van der Waals surface area contributed by atoms with E-state index in [0.29, 0.717) is 51.4 Å². The largest absolute Gasteiger partial charge is 0.485 e. The SMILES string of the molecule is Cc1nnc(-c2cc3c(OCC(=O)CN4CCC(c5ccc(Cl)c(Cl)c5)CC4)cccc3o2)o1. The molecule has 0 amide bonds. The number of nitrogens with zero attached hydrogens (tertiary/aromatic N) is 3. The van der Waals surface area contributed by atoms with Crippen LogP contribution in [0.4, 0.5) is 0 Å². The molecule has 2 aromatic heterocycles. The summed E-state index contributed by atoms with van der Waals surface area (Å²) in [5.74, 6) is 2.26. The van der Waals surface area contributed by atoms with Crippen LogP contribution in [0.3, 0.4) is 0 Å². The summed E-state index contributed by atoms with van der Waals surface area (Å²) >= 11 is 12.2. The number of Topliss-reactive ketones (excluding diaryl/α,β-unsaturated/α-hetero) is 1. The minimum absolute atomic E-state index is 0.00792. The van der Waals surface area contributed by atoms with Crippen molar-refractivity contribution in [1.29, 1.82) is 0 Å². The molecule has 1 aliphatic rings. The fourth-order valence-electron chi connectivity index (χ4n) is 4.31. The van der Waals surface area contributed by atoms with E-state index in [0.717, 1.165) is 31.3 Å². The smallest absolute Gasteiger partial charge is 0.283 e. The van der Waals surface area contributed by atoms with Gasteiger partial charge in [0.05, 0.1) is 22.0 Å². The second-order valence-corrected chi connectivity index (χ2v) is 9.27. The zero-order valence-electron chi connectivity index (χ0n) is 18.6. The number of ketones is 1. The van der Waals surface area contributed by atoms with Crippen molar-refractivity contribution >= 4 is 40.0 Å².